The van der Waals surface area contributed by atoms with E-state index in [0.717, 1.165) is 11.1 Å². The van der Waals surface area contributed by atoms with Crippen LogP contribution in [0.5, 0.6) is 0 Å². The summed E-state index contributed by atoms with van der Waals surface area (Å²) in [5, 5.41) is 32.4. The molecule has 2 aliphatic rings. The molecular weight excluding hydrogens is 286 g/mol. The molecular formula is C18H15N5. The summed E-state index contributed by atoms with van der Waals surface area (Å²) in [4.78, 5) is 0. The number of nitrogens with two attached hydrogens (primary N) is 1. The van der Waals surface area contributed by atoms with Crippen molar-refractivity contribution >= 4 is 0 Å². The highest BCUT2D eigenvalue weighted by Gasteiger charge is 2.53. The van der Waals surface area contributed by atoms with Gasteiger partial charge in [-0.3, -0.25) is 0 Å². The highest BCUT2D eigenvalue weighted by molar-refractivity contribution is 5.59. The lowest BCUT2D eigenvalue weighted by Gasteiger charge is -2.43. The van der Waals surface area contributed by atoms with Gasteiger partial charge in [-0.25, -0.2) is 0 Å². The van der Waals surface area contributed by atoms with Gasteiger partial charge in [0.2, 0.25) is 0 Å². The van der Waals surface area contributed by atoms with Gasteiger partial charge in [-0.05, 0) is 11.1 Å². The number of allylic oxidation sites excluding steroid dienone is 2. The molecule has 1 heterocycles. The van der Waals surface area contributed by atoms with Crippen LogP contribution in [0.2, 0.25) is 0 Å². The molecule has 3 N–H and O–H groups in total. The van der Waals surface area contributed by atoms with Crippen molar-refractivity contribution in [2.45, 2.75) is 5.92 Å². The first-order valence-corrected chi connectivity index (χ1v) is 7.38. The average molecular weight is 301 g/mol. The topological polar surface area (TPSA) is 109 Å². The Labute approximate surface area is 134 Å². The van der Waals surface area contributed by atoms with Crippen molar-refractivity contribution in [2.24, 2.45) is 17.1 Å². The predicted octanol–water partition coefficient (Wildman–Crippen LogP) is 1.70. The number of fused-ring (bicyclic) bond motifs is 1. The highest BCUT2D eigenvalue weighted by atomic mass is 14.9. The van der Waals surface area contributed by atoms with E-state index in [1.807, 2.05) is 36.4 Å². The van der Waals surface area contributed by atoms with Gasteiger partial charge in [0.15, 0.2) is 5.41 Å². The van der Waals surface area contributed by atoms with E-state index in [1.54, 1.807) is 0 Å². The molecule has 5 nitrogen and oxygen atoms in total. The fraction of sp³-hybridized carbons (Fsp3) is 0.278. The van der Waals surface area contributed by atoms with Crippen LogP contribution in [-0.4, -0.2) is 13.1 Å². The van der Waals surface area contributed by atoms with Gasteiger partial charge >= 0.3 is 0 Å². The number of rotatable bonds is 1. The van der Waals surface area contributed by atoms with Crippen molar-refractivity contribution < 1.29 is 0 Å². The van der Waals surface area contributed by atoms with E-state index in [0.29, 0.717) is 13.1 Å². The summed E-state index contributed by atoms with van der Waals surface area (Å²) < 4.78 is 0. The third kappa shape index (κ3) is 2.01. The lowest BCUT2D eigenvalue weighted by atomic mass is 9.58. The van der Waals surface area contributed by atoms with Gasteiger partial charge in [-0.15, -0.1) is 0 Å². The van der Waals surface area contributed by atoms with E-state index in [-0.39, 0.29) is 17.2 Å². The summed E-state index contributed by atoms with van der Waals surface area (Å²) in [5.41, 5.74) is 6.73. The minimum atomic E-state index is -1.53. The van der Waals surface area contributed by atoms with E-state index < -0.39 is 11.3 Å². The van der Waals surface area contributed by atoms with Crippen LogP contribution in [0.3, 0.4) is 0 Å². The van der Waals surface area contributed by atoms with Gasteiger partial charge < -0.3 is 11.1 Å². The quantitative estimate of drug-likeness (QED) is 0.820. The summed E-state index contributed by atoms with van der Waals surface area (Å²) in [6, 6.07) is 15.8. The molecule has 0 radical (unpaired) electrons. The Morgan fingerprint density at radius 3 is 2.43 bits per heavy atom. The minimum Gasteiger partial charge on any atom is -0.399 e. The van der Waals surface area contributed by atoms with Crippen LogP contribution in [0, 0.1) is 45.3 Å². The Morgan fingerprint density at radius 2 is 1.83 bits per heavy atom. The molecule has 2 atom stereocenters. The lowest BCUT2D eigenvalue weighted by molar-refractivity contribution is 0.328. The molecule has 0 saturated heterocycles. The zero-order valence-corrected chi connectivity index (χ0v) is 12.5. The molecule has 0 bridgehead atoms. The first kappa shape index (κ1) is 14.9. The third-order valence-electron chi connectivity index (χ3n) is 4.70. The molecule has 0 fully saturated rings. The second-order valence-corrected chi connectivity index (χ2v) is 5.74. The Hall–Kier alpha value is -3.07. The smallest absolute Gasteiger partial charge is 0.191 e. The molecule has 112 valence electrons. The van der Waals surface area contributed by atoms with Crippen LogP contribution in [0.15, 0.2) is 53.3 Å². The molecule has 0 unspecified atom stereocenters. The van der Waals surface area contributed by atoms with Crippen LogP contribution in [0.1, 0.15) is 11.5 Å². The molecule has 5 heteroatoms. The minimum absolute atomic E-state index is 0.0725. The number of nitrogens with one attached hydrogen (secondary N) is 1. The van der Waals surface area contributed by atoms with Crippen molar-refractivity contribution in [3.8, 4) is 18.2 Å². The fourth-order valence-electron chi connectivity index (χ4n) is 3.64. The number of benzene rings is 1. The summed E-state index contributed by atoms with van der Waals surface area (Å²) in [5.74, 6) is -0.540. The van der Waals surface area contributed by atoms with Crippen molar-refractivity contribution in [2.75, 3.05) is 13.1 Å². The van der Waals surface area contributed by atoms with E-state index in [1.165, 1.54) is 0 Å². The first-order chi connectivity index (χ1) is 11.2. The third-order valence-corrected chi connectivity index (χ3v) is 4.70. The van der Waals surface area contributed by atoms with Crippen LogP contribution >= 0.6 is 0 Å². The molecule has 0 aromatic heterocycles. The Morgan fingerprint density at radius 1 is 1.13 bits per heavy atom. The molecule has 1 aliphatic heterocycles. The zero-order chi connectivity index (χ0) is 16.4. The van der Waals surface area contributed by atoms with Crippen LogP contribution in [0.4, 0.5) is 0 Å². The fourth-order valence-corrected chi connectivity index (χ4v) is 3.64. The van der Waals surface area contributed by atoms with Crippen molar-refractivity contribution in [3.63, 3.8) is 0 Å². The maximum Gasteiger partial charge on any atom is 0.191 e. The van der Waals surface area contributed by atoms with Gasteiger partial charge in [0.25, 0.3) is 0 Å². The normalized spacial score (nSPS) is 25.3. The highest BCUT2D eigenvalue weighted by Crippen LogP contribution is 2.53. The molecule has 1 aromatic carbocycles. The number of hydrogen-bond donors (Lipinski definition) is 2. The lowest BCUT2D eigenvalue weighted by Crippen LogP contribution is -2.46. The standard InChI is InChI=1S/C18H15N5/c19-8-14-13-6-7-23-9-15(13)16(12-4-2-1-3-5-12)18(10-20,11-21)17(14)22/h1-6,15-16,23H,7,9,22H2/t15-,16+/m1/s1. The molecule has 0 spiro atoms. The van der Waals surface area contributed by atoms with Crippen LogP contribution in [-0.2, 0) is 0 Å². The number of hydrogen-bond acceptors (Lipinski definition) is 5. The maximum atomic E-state index is 9.81. The van der Waals surface area contributed by atoms with Crippen molar-refractivity contribution in [3.05, 3.63) is 58.8 Å². The number of nitrogens with zero attached hydrogens (tertiary/aromatic N) is 3. The summed E-state index contributed by atoms with van der Waals surface area (Å²) in [6.07, 6.45) is 1.94. The van der Waals surface area contributed by atoms with E-state index in [9.17, 15) is 15.8 Å². The largest absolute Gasteiger partial charge is 0.399 e. The average Bonchev–Trinajstić information content (AvgIpc) is 2.61. The van der Waals surface area contributed by atoms with Crippen molar-refractivity contribution in [1.82, 2.24) is 5.32 Å². The SMILES string of the molecule is N#CC1=C(N)C(C#N)(C#N)[C@@H](c2ccccc2)[C@@H]2CNCC=C12. The molecule has 1 aliphatic carbocycles. The Balaban J connectivity index is 2.33. The number of nitriles is 3. The molecule has 0 saturated carbocycles. The maximum absolute atomic E-state index is 9.81. The van der Waals surface area contributed by atoms with Gasteiger partial charge in [0, 0.05) is 24.9 Å². The molecule has 23 heavy (non-hydrogen) atoms. The predicted molar refractivity (Wildman–Crippen MR) is 84.1 cm³/mol. The van der Waals surface area contributed by atoms with E-state index in [4.69, 9.17) is 5.73 Å². The first-order valence-electron chi connectivity index (χ1n) is 7.38. The van der Waals surface area contributed by atoms with Crippen LogP contribution < -0.4 is 11.1 Å². The van der Waals surface area contributed by atoms with E-state index >= 15 is 0 Å². The second kappa shape index (κ2) is 5.61. The van der Waals surface area contributed by atoms with Gasteiger partial charge in [-0.1, -0.05) is 36.4 Å². The molecule has 3 rings (SSSR count). The summed E-state index contributed by atoms with van der Waals surface area (Å²) in [6.45, 7) is 1.26. The monoisotopic (exact) mass is 301 g/mol. The van der Waals surface area contributed by atoms with Gasteiger partial charge in [-0.2, -0.15) is 15.8 Å². The van der Waals surface area contributed by atoms with Crippen LogP contribution in [0.25, 0.3) is 0 Å². The summed E-state index contributed by atoms with van der Waals surface area (Å²) in [7, 11) is 0. The van der Waals surface area contributed by atoms with Gasteiger partial charge in [0.05, 0.1) is 23.4 Å². The zero-order valence-electron chi connectivity index (χ0n) is 12.5. The Kier molecular flexibility index (Phi) is 3.62. The van der Waals surface area contributed by atoms with E-state index in [2.05, 4.69) is 23.5 Å². The Bertz CT molecular complexity index is 800. The van der Waals surface area contributed by atoms with Gasteiger partial charge in [0.1, 0.15) is 6.07 Å². The molecule has 0 amide bonds. The second-order valence-electron chi connectivity index (χ2n) is 5.74. The molecule has 1 aromatic rings. The van der Waals surface area contributed by atoms with Crippen molar-refractivity contribution in [1.29, 1.82) is 15.8 Å². The summed E-state index contributed by atoms with van der Waals surface area (Å²) >= 11 is 0.